The van der Waals surface area contributed by atoms with Crippen LogP contribution in [0.3, 0.4) is 0 Å². The second-order valence-electron chi connectivity index (χ2n) is 6.54. The number of carbonyl (C=O) groups excluding carboxylic acids is 2. The van der Waals surface area contributed by atoms with Crippen molar-refractivity contribution in [2.45, 2.75) is 32.7 Å². The van der Waals surface area contributed by atoms with Crippen molar-refractivity contribution in [3.05, 3.63) is 65.0 Å². The Morgan fingerprint density at radius 3 is 2.56 bits per heavy atom. The zero-order valence-corrected chi connectivity index (χ0v) is 14.4. The molecule has 0 bridgehead atoms. The molecule has 2 amide bonds. The molecule has 0 radical (unpaired) electrons. The summed E-state index contributed by atoms with van der Waals surface area (Å²) in [4.78, 5) is 26.2. The quantitative estimate of drug-likeness (QED) is 0.930. The summed E-state index contributed by atoms with van der Waals surface area (Å²) >= 11 is 0. The first-order valence-electron chi connectivity index (χ1n) is 8.34. The Labute approximate surface area is 146 Å². The number of benzene rings is 2. The van der Waals surface area contributed by atoms with Gasteiger partial charge in [0.1, 0.15) is 5.82 Å². The lowest BCUT2D eigenvalue weighted by atomic mass is 10.1. The summed E-state index contributed by atoms with van der Waals surface area (Å²) in [5.41, 5.74) is 3.92. The minimum absolute atomic E-state index is 0.00957. The highest BCUT2D eigenvalue weighted by Gasteiger charge is 2.31. The van der Waals surface area contributed by atoms with Crippen molar-refractivity contribution in [3.63, 3.8) is 0 Å². The monoisotopic (exact) mass is 340 g/mol. The average molecular weight is 340 g/mol. The molecule has 2 aromatic carbocycles. The van der Waals surface area contributed by atoms with Gasteiger partial charge < -0.3 is 10.2 Å². The van der Waals surface area contributed by atoms with Gasteiger partial charge in [-0.15, -0.1) is 0 Å². The summed E-state index contributed by atoms with van der Waals surface area (Å²) in [5.74, 6) is -0.476. The van der Waals surface area contributed by atoms with Crippen molar-refractivity contribution in [1.82, 2.24) is 5.32 Å². The molecule has 4 nitrogen and oxygen atoms in total. The predicted molar refractivity (Wildman–Crippen MR) is 94.9 cm³/mol. The van der Waals surface area contributed by atoms with Crippen LogP contribution < -0.4 is 10.2 Å². The highest BCUT2D eigenvalue weighted by molar-refractivity contribution is 5.97. The van der Waals surface area contributed by atoms with Gasteiger partial charge in [-0.2, -0.15) is 0 Å². The molecule has 0 aromatic heterocycles. The Kier molecular flexibility index (Phi) is 4.83. The lowest BCUT2D eigenvalue weighted by molar-refractivity contribution is -0.121. The van der Waals surface area contributed by atoms with Crippen LogP contribution in [0.5, 0.6) is 0 Å². The Bertz CT molecular complexity index is 802. The molecule has 3 rings (SSSR count). The molecule has 1 atom stereocenters. The van der Waals surface area contributed by atoms with Crippen molar-refractivity contribution in [1.29, 1.82) is 0 Å². The van der Waals surface area contributed by atoms with Gasteiger partial charge >= 0.3 is 0 Å². The zero-order chi connectivity index (χ0) is 18.0. The zero-order valence-electron chi connectivity index (χ0n) is 14.4. The molecule has 130 valence electrons. The van der Waals surface area contributed by atoms with Crippen LogP contribution in [-0.4, -0.2) is 24.4 Å². The van der Waals surface area contributed by atoms with Crippen molar-refractivity contribution in [2.75, 3.05) is 11.4 Å². The minimum atomic E-state index is -0.324. The van der Waals surface area contributed by atoms with E-state index in [2.05, 4.69) is 5.32 Å². The first-order valence-corrected chi connectivity index (χ1v) is 8.34. The molecule has 1 saturated heterocycles. The number of carbonyl (C=O) groups is 2. The van der Waals surface area contributed by atoms with Crippen molar-refractivity contribution in [3.8, 4) is 0 Å². The van der Waals surface area contributed by atoms with E-state index in [1.807, 2.05) is 32.0 Å². The van der Waals surface area contributed by atoms with Gasteiger partial charge in [-0.1, -0.05) is 18.2 Å². The van der Waals surface area contributed by atoms with E-state index in [4.69, 9.17) is 0 Å². The summed E-state index contributed by atoms with van der Waals surface area (Å²) < 4.78 is 12.9. The van der Waals surface area contributed by atoms with E-state index in [1.165, 1.54) is 17.7 Å². The second-order valence-corrected chi connectivity index (χ2v) is 6.54. The summed E-state index contributed by atoms with van der Waals surface area (Å²) in [5, 5.41) is 2.90. The Morgan fingerprint density at radius 2 is 1.88 bits per heavy atom. The molecular formula is C20H21FN2O2. The summed E-state index contributed by atoms with van der Waals surface area (Å²) in [7, 11) is 0. The number of amides is 2. The fraction of sp³-hybridized carbons (Fsp3) is 0.300. The van der Waals surface area contributed by atoms with Gasteiger partial charge in [-0.25, -0.2) is 4.39 Å². The fourth-order valence-electron chi connectivity index (χ4n) is 3.01. The molecule has 1 heterocycles. The molecule has 1 aliphatic rings. The van der Waals surface area contributed by atoms with Crippen LogP contribution in [0, 0.1) is 19.7 Å². The van der Waals surface area contributed by atoms with Gasteiger partial charge in [0.05, 0.1) is 12.5 Å². The second kappa shape index (κ2) is 7.05. The summed E-state index contributed by atoms with van der Waals surface area (Å²) in [6, 6.07) is 11.6. The van der Waals surface area contributed by atoms with Gasteiger partial charge in [0.15, 0.2) is 0 Å². The van der Waals surface area contributed by atoms with Gasteiger partial charge in [-0.05, 0) is 54.8 Å². The first-order chi connectivity index (χ1) is 11.9. The third kappa shape index (κ3) is 4.05. The topological polar surface area (TPSA) is 49.4 Å². The smallest absolute Gasteiger partial charge is 0.229 e. The van der Waals surface area contributed by atoms with E-state index in [0.717, 1.165) is 16.8 Å². The standard InChI is InChI=1S/C20H21FN2O2/c1-13-3-8-18(9-14(13)2)23-12-17(11-20(23)25)22-19(24)10-15-4-6-16(21)7-5-15/h3-9,17H,10-12H2,1-2H3,(H,22,24)/t17-/m0/s1. The summed E-state index contributed by atoms with van der Waals surface area (Å²) in [6.45, 7) is 4.52. The van der Waals surface area contributed by atoms with Crippen LogP contribution in [0.15, 0.2) is 42.5 Å². The van der Waals surface area contributed by atoms with Crippen LogP contribution in [0.4, 0.5) is 10.1 Å². The lowest BCUT2D eigenvalue weighted by Gasteiger charge is -2.18. The Balaban J connectivity index is 1.61. The minimum Gasteiger partial charge on any atom is -0.351 e. The molecule has 25 heavy (non-hydrogen) atoms. The van der Waals surface area contributed by atoms with Gasteiger partial charge in [0.25, 0.3) is 0 Å². The number of nitrogens with zero attached hydrogens (tertiary/aromatic N) is 1. The van der Waals surface area contributed by atoms with Crippen molar-refractivity contribution >= 4 is 17.5 Å². The van der Waals surface area contributed by atoms with Gasteiger partial charge in [0, 0.05) is 18.7 Å². The predicted octanol–water partition coefficient (Wildman–Crippen LogP) is 2.91. The van der Waals surface area contributed by atoms with Crippen LogP contribution in [0.1, 0.15) is 23.1 Å². The molecule has 0 spiro atoms. The number of halogens is 1. The molecule has 1 fully saturated rings. The maximum Gasteiger partial charge on any atom is 0.229 e. The molecular weight excluding hydrogens is 319 g/mol. The van der Waals surface area contributed by atoms with Crippen molar-refractivity contribution in [2.24, 2.45) is 0 Å². The maximum atomic E-state index is 12.9. The number of anilines is 1. The first kappa shape index (κ1) is 17.1. The Morgan fingerprint density at radius 1 is 1.16 bits per heavy atom. The third-order valence-electron chi connectivity index (χ3n) is 4.57. The SMILES string of the molecule is Cc1ccc(N2C[C@@H](NC(=O)Cc3ccc(F)cc3)CC2=O)cc1C. The van der Waals surface area contributed by atoms with E-state index >= 15 is 0 Å². The highest BCUT2D eigenvalue weighted by atomic mass is 19.1. The average Bonchev–Trinajstić information content (AvgIpc) is 2.92. The van der Waals surface area contributed by atoms with E-state index < -0.39 is 0 Å². The maximum absolute atomic E-state index is 12.9. The van der Waals surface area contributed by atoms with Crippen molar-refractivity contribution < 1.29 is 14.0 Å². The number of aryl methyl sites for hydroxylation is 2. The van der Waals surface area contributed by atoms with Crippen LogP contribution in [-0.2, 0) is 16.0 Å². The molecule has 1 N–H and O–H groups in total. The highest BCUT2D eigenvalue weighted by Crippen LogP contribution is 2.24. The van der Waals surface area contributed by atoms with Gasteiger partial charge in [-0.3, -0.25) is 9.59 Å². The molecule has 0 saturated carbocycles. The Hall–Kier alpha value is -2.69. The summed E-state index contributed by atoms with van der Waals surface area (Å²) in [6.07, 6.45) is 0.469. The third-order valence-corrected chi connectivity index (χ3v) is 4.57. The van der Waals surface area contributed by atoms with E-state index in [0.29, 0.717) is 13.0 Å². The fourth-order valence-corrected chi connectivity index (χ4v) is 3.01. The number of nitrogens with one attached hydrogen (secondary N) is 1. The van der Waals surface area contributed by atoms with Gasteiger partial charge in [0.2, 0.25) is 11.8 Å². The van der Waals surface area contributed by atoms with E-state index in [1.54, 1.807) is 17.0 Å². The normalized spacial score (nSPS) is 17.0. The van der Waals surface area contributed by atoms with Crippen LogP contribution >= 0.6 is 0 Å². The molecule has 0 unspecified atom stereocenters. The van der Waals surface area contributed by atoms with E-state index in [-0.39, 0.29) is 30.1 Å². The molecule has 2 aromatic rings. The van der Waals surface area contributed by atoms with E-state index in [9.17, 15) is 14.0 Å². The van der Waals surface area contributed by atoms with Crippen LogP contribution in [0.25, 0.3) is 0 Å². The molecule has 5 heteroatoms. The molecule has 1 aliphatic heterocycles. The van der Waals surface area contributed by atoms with Crippen LogP contribution in [0.2, 0.25) is 0 Å². The number of hydrogen-bond acceptors (Lipinski definition) is 2. The number of rotatable bonds is 4. The largest absolute Gasteiger partial charge is 0.351 e. The number of hydrogen-bond donors (Lipinski definition) is 1. The lowest BCUT2D eigenvalue weighted by Crippen LogP contribution is -2.38. The molecule has 0 aliphatic carbocycles.